The van der Waals surface area contributed by atoms with Crippen molar-refractivity contribution in [2.45, 2.75) is 24.7 Å². The van der Waals surface area contributed by atoms with E-state index < -0.39 is 10.8 Å². The molecule has 0 amide bonds. The van der Waals surface area contributed by atoms with E-state index in [4.69, 9.17) is 0 Å². The number of nitrogens with zero attached hydrogens (tertiary/aromatic N) is 2. The molecule has 4 aliphatic carbocycles. The highest BCUT2D eigenvalue weighted by Gasteiger charge is 2.63. The molecule has 10 aromatic rings. The van der Waals surface area contributed by atoms with Crippen LogP contribution < -0.4 is 9.80 Å². The maximum absolute atomic E-state index is 2.54. The predicted molar refractivity (Wildman–Crippen MR) is 282 cm³/mol. The van der Waals surface area contributed by atoms with E-state index in [9.17, 15) is 0 Å². The van der Waals surface area contributed by atoms with Gasteiger partial charge in [-0.25, -0.2) is 0 Å². The zero-order valence-corrected chi connectivity index (χ0v) is 38.0. The molecular weight excluding hydrogens is 821 g/mol. The third-order valence-electron chi connectivity index (χ3n) is 15.3. The van der Waals surface area contributed by atoms with Gasteiger partial charge in [-0.15, -0.1) is 0 Å². The Bertz CT molecular complexity index is 3380. The van der Waals surface area contributed by atoms with Crippen molar-refractivity contribution in [3.8, 4) is 22.3 Å². The van der Waals surface area contributed by atoms with Crippen molar-refractivity contribution in [1.29, 1.82) is 0 Å². The van der Waals surface area contributed by atoms with Crippen molar-refractivity contribution in [2.75, 3.05) is 9.80 Å². The van der Waals surface area contributed by atoms with Gasteiger partial charge in [-0.2, -0.15) is 0 Å². The molecule has 2 atom stereocenters. The fourth-order valence-electron chi connectivity index (χ4n) is 12.8. The van der Waals surface area contributed by atoms with E-state index in [0.717, 1.165) is 34.1 Å². The smallest absolute Gasteiger partial charge is 0.0728 e. The second-order valence-corrected chi connectivity index (χ2v) is 18.9. The summed E-state index contributed by atoms with van der Waals surface area (Å²) in [4.78, 5) is 4.86. The number of para-hydroxylation sites is 4. The molecule has 10 aromatic carbocycles. The molecule has 0 fully saturated rings. The number of hydrogen-bond acceptors (Lipinski definition) is 2. The maximum Gasteiger partial charge on any atom is 0.0728 e. The molecule has 2 spiro atoms. The largest absolute Gasteiger partial charge is 0.310 e. The lowest BCUT2D eigenvalue weighted by atomic mass is 9.66. The molecule has 0 saturated carbocycles. The molecule has 0 heterocycles. The second kappa shape index (κ2) is 14.5. The van der Waals surface area contributed by atoms with Gasteiger partial charge in [0.25, 0.3) is 0 Å². The number of allylic oxidation sites excluding steroid dienone is 2. The van der Waals surface area contributed by atoms with E-state index in [0.29, 0.717) is 0 Å². The van der Waals surface area contributed by atoms with Gasteiger partial charge in [0.05, 0.1) is 10.8 Å². The minimum Gasteiger partial charge on any atom is -0.310 e. The number of benzene rings is 10. The van der Waals surface area contributed by atoms with Crippen LogP contribution in [0.3, 0.4) is 0 Å². The Morgan fingerprint density at radius 3 is 0.912 bits per heavy atom. The summed E-state index contributed by atoms with van der Waals surface area (Å²) in [6.07, 6.45) is 0. The lowest BCUT2D eigenvalue weighted by Gasteiger charge is -2.36. The molecule has 4 aliphatic rings. The van der Waals surface area contributed by atoms with Crippen LogP contribution in [0.1, 0.15) is 55.6 Å². The zero-order chi connectivity index (χ0) is 45.1. The summed E-state index contributed by atoms with van der Waals surface area (Å²) in [5.41, 5.74) is 26.7. The van der Waals surface area contributed by atoms with Gasteiger partial charge in [0.2, 0.25) is 0 Å². The Balaban J connectivity index is 1.17. The van der Waals surface area contributed by atoms with Crippen LogP contribution in [0.15, 0.2) is 243 Å². The average Bonchev–Trinajstić information content (AvgIpc) is 4.06. The highest BCUT2D eigenvalue weighted by molar-refractivity contribution is 6.20. The van der Waals surface area contributed by atoms with Crippen molar-refractivity contribution in [3.05, 3.63) is 298 Å². The average molecular weight is 867 g/mol. The van der Waals surface area contributed by atoms with Gasteiger partial charge in [0, 0.05) is 34.1 Å². The fourth-order valence-corrected chi connectivity index (χ4v) is 12.8. The van der Waals surface area contributed by atoms with Crippen molar-refractivity contribution in [2.24, 2.45) is 0 Å². The Labute approximate surface area is 398 Å². The molecule has 0 N–H and O–H groups in total. The molecule has 0 saturated heterocycles. The second-order valence-electron chi connectivity index (χ2n) is 18.9. The Morgan fingerprint density at radius 2 is 0.544 bits per heavy atom. The molecule has 14 rings (SSSR count). The molecular formula is C66H46N2. The van der Waals surface area contributed by atoms with Gasteiger partial charge in [-0.1, -0.05) is 181 Å². The van der Waals surface area contributed by atoms with Crippen LogP contribution in [-0.2, 0) is 10.8 Å². The predicted octanol–water partition coefficient (Wildman–Crippen LogP) is 16.8. The highest BCUT2D eigenvalue weighted by atomic mass is 15.1. The first kappa shape index (κ1) is 38.8. The van der Waals surface area contributed by atoms with Gasteiger partial charge in [-0.05, 0) is 165 Å². The number of fused-ring (bicyclic) bond motifs is 18. The topological polar surface area (TPSA) is 6.48 Å². The van der Waals surface area contributed by atoms with Gasteiger partial charge in [0.15, 0.2) is 0 Å². The van der Waals surface area contributed by atoms with Crippen LogP contribution in [0.2, 0.25) is 0 Å². The molecule has 68 heavy (non-hydrogen) atoms. The van der Waals surface area contributed by atoms with Crippen LogP contribution in [0, 0.1) is 13.8 Å². The molecule has 320 valence electrons. The Hall–Kier alpha value is -8.46. The first-order valence-corrected chi connectivity index (χ1v) is 23.8. The molecule has 0 aliphatic heterocycles. The van der Waals surface area contributed by atoms with Gasteiger partial charge >= 0.3 is 0 Å². The normalized spacial score (nSPS) is 17.3. The third kappa shape index (κ3) is 5.12. The lowest BCUT2D eigenvalue weighted by molar-refractivity contribution is 0.825. The molecule has 0 bridgehead atoms. The molecule has 0 aromatic heterocycles. The first-order valence-electron chi connectivity index (χ1n) is 23.8. The summed E-state index contributed by atoms with van der Waals surface area (Å²) in [5, 5.41) is 0. The van der Waals surface area contributed by atoms with Gasteiger partial charge in [-0.3, -0.25) is 0 Å². The van der Waals surface area contributed by atoms with E-state index >= 15 is 0 Å². The van der Waals surface area contributed by atoms with E-state index in [2.05, 4.69) is 266 Å². The van der Waals surface area contributed by atoms with Gasteiger partial charge in [0.1, 0.15) is 0 Å². The van der Waals surface area contributed by atoms with Crippen molar-refractivity contribution < 1.29 is 0 Å². The van der Waals surface area contributed by atoms with E-state index in [-0.39, 0.29) is 0 Å². The number of anilines is 6. The fraction of sp³-hybridized carbons (Fsp3) is 0.0606. The third-order valence-corrected chi connectivity index (χ3v) is 15.3. The number of aryl methyl sites for hydroxylation is 2. The van der Waals surface area contributed by atoms with E-state index in [1.54, 1.807) is 0 Å². The van der Waals surface area contributed by atoms with Crippen LogP contribution in [0.5, 0.6) is 0 Å². The van der Waals surface area contributed by atoms with Crippen molar-refractivity contribution in [3.63, 3.8) is 0 Å². The van der Waals surface area contributed by atoms with Gasteiger partial charge < -0.3 is 9.80 Å². The Morgan fingerprint density at radius 1 is 0.235 bits per heavy atom. The zero-order valence-electron chi connectivity index (χ0n) is 38.0. The van der Waals surface area contributed by atoms with Crippen LogP contribution >= 0.6 is 0 Å². The van der Waals surface area contributed by atoms with Crippen LogP contribution in [0.25, 0.3) is 33.4 Å². The summed E-state index contributed by atoms with van der Waals surface area (Å²) in [6.45, 7) is 4.52. The number of rotatable bonds is 6. The molecule has 2 heteroatoms. The van der Waals surface area contributed by atoms with E-state index in [1.807, 2.05) is 0 Å². The maximum atomic E-state index is 2.54. The van der Waals surface area contributed by atoms with E-state index in [1.165, 1.54) is 89.0 Å². The first-order chi connectivity index (χ1) is 33.6. The summed E-state index contributed by atoms with van der Waals surface area (Å²) in [6, 6.07) is 91.1. The van der Waals surface area contributed by atoms with Crippen LogP contribution in [0.4, 0.5) is 34.1 Å². The summed E-state index contributed by atoms with van der Waals surface area (Å²) in [7, 11) is 0. The summed E-state index contributed by atoms with van der Waals surface area (Å²) in [5.74, 6) is 0. The molecule has 2 unspecified atom stereocenters. The summed E-state index contributed by atoms with van der Waals surface area (Å²) < 4.78 is 0. The standard InChI is InChI=1S/C66H46N2/c1-43-31-35-53-51-27-15-17-29-57(51)65(61(53)39-43)59-37-33-49(67(45-19-7-3-8-20-45)46-21-9-4-10-22-46)41-55(59)64-63(65)56-42-50(68(47-23-11-5-12-24-47)48-25-13-6-14-26-48)34-38-60(56)66(64)58-30-18-16-28-52(58)54-36-32-44(2)40-62(54)66/h3-42H,1-2H3. The lowest BCUT2D eigenvalue weighted by Crippen LogP contribution is -2.28. The minimum atomic E-state index is -0.617. The van der Waals surface area contributed by atoms with Crippen LogP contribution in [-0.4, -0.2) is 0 Å². The Kier molecular flexibility index (Phi) is 8.28. The minimum absolute atomic E-state index is 0.617. The monoisotopic (exact) mass is 866 g/mol. The quantitative estimate of drug-likeness (QED) is 0.164. The van der Waals surface area contributed by atoms with Crippen molar-refractivity contribution >= 4 is 45.3 Å². The highest BCUT2D eigenvalue weighted by Crippen LogP contribution is 2.75. The van der Waals surface area contributed by atoms with Crippen molar-refractivity contribution in [1.82, 2.24) is 0 Å². The number of hydrogen-bond donors (Lipinski definition) is 0. The summed E-state index contributed by atoms with van der Waals surface area (Å²) >= 11 is 0. The SMILES string of the molecule is Cc1ccc2c(c1)C1(C3=C(c4cc(N(c5ccccc5)c5ccccc5)ccc41)C1(c4ccc(N(c5ccccc5)c5ccccc5)cc43)c3ccccc3-c3ccc(C)cc31)c1ccccc1-2. The molecule has 0 radical (unpaired) electrons. The molecule has 2 nitrogen and oxygen atoms in total.